The third-order valence-corrected chi connectivity index (χ3v) is 5.56. The summed E-state index contributed by atoms with van der Waals surface area (Å²) in [4.78, 5) is 14.5. The Balaban J connectivity index is 1.27. The first kappa shape index (κ1) is 14.1. The van der Waals surface area contributed by atoms with Gasteiger partial charge in [0.1, 0.15) is 11.3 Å². The van der Waals surface area contributed by atoms with Crippen molar-refractivity contribution in [1.82, 2.24) is 10.2 Å². The number of ether oxygens (including phenoxy) is 1. The molecule has 1 aromatic heterocycles. The molecule has 5 heteroatoms. The van der Waals surface area contributed by atoms with E-state index in [1.54, 1.807) is 0 Å². The Morgan fingerprint density at radius 1 is 1.21 bits per heavy atom. The molecule has 0 saturated carbocycles. The highest BCUT2D eigenvalue weighted by atomic mass is 16.5. The monoisotopic (exact) mass is 324 g/mol. The van der Waals surface area contributed by atoms with E-state index in [0.29, 0.717) is 11.8 Å². The van der Waals surface area contributed by atoms with Crippen molar-refractivity contribution in [3.63, 3.8) is 0 Å². The van der Waals surface area contributed by atoms with Crippen LogP contribution in [0.4, 0.5) is 4.79 Å². The number of rotatable bonds is 2. The van der Waals surface area contributed by atoms with E-state index in [-0.39, 0.29) is 24.3 Å². The van der Waals surface area contributed by atoms with Gasteiger partial charge in [0.15, 0.2) is 0 Å². The minimum Gasteiger partial charge on any atom is -0.459 e. The van der Waals surface area contributed by atoms with Crippen LogP contribution in [0.2, 0.25) is 0 Å². The van der Waals surface area contributed by atoms with Crippen molar-refractivity contribution in [2.45, 2.75) is 25.2 Å². The van der Waals surface area contributed by atoms with Crippen LogP contribution < -0.4 is 5.32 Å². The first-order chi connectivity index (χ1) is 11.7. The second-order valence-corrected chi connectivity index (χ2v) is 7.04. The maximum absolute atomic E-state index is 12.6. The summed E-state index contributed by atoms with van der Waals surface area (Å²) in [6, 6.07) is 9.72. The van der Waals surface area contributed by atoms with Gasteiger partial charge in [-0.15, -0.1) is 0 Å². The van der Waals surface area contributed by atoms with Gasteiger partial charge >= 0.3 is 6.03 Å². The number of furan rings is 1. The van der Waals surface area contributed by atoms with Crippen LogP contribution in [0.5, 0.6) is 0 Å². The van der Waals surface area contributed by atoms with Crippen LogP contribution in [0.15, 0.2) is 46.9 Å². The zero-order chi connectivity index (χ0) is 16.3. The van der Waals surface area contributed by atoms with Crippen molar-refractivity contribution < 1.29 is 13.9 Å². The minimum atomic E-state index is -0.156. The second kappa shape index (κ2) is 5.11. The predicted octanol–water partition coefficient (Wildman–Crippen LogP) is 3.09. The third kappa shape index (κ3) is 2.08. The number of urea groups is 1. The maximum atomic E-state index is 12.6. The Hall–Kier alpha value is -2.27. The molecule has 0 aliphatic carbocycles. The number of amides is 2. The molecule has 4 unspecified atom stereocenters. The molecular weight excluding hydrogens is 304 g/mol. The molecule has 2 fully saturated rings. The van der Waals surface area contributed by atoms with E-state index in [1.165, 1.54) is 0 Å². The Labute approximate surface area is 140 Å². The molecule has 3 aliphatic heterocycles. The van der Waals surface area contributed by atoms with Gasteiger partial charge in [0.25, 0.3) is 0 Å². The molecule has 1 aromatic carbocycles. The molecule has 5 nitrogen and oxygen atoms in total. The highest BCUT2D eigenvalue weighted by Crippen LogP contribution is 2.43. The van der Waals surface area contributed by atoms with Crippen LogP contribution in [0.1, 0.15) is 18.7 Å². The number of nitrogens with zero attached hydrogens (tertiary/aromatic N) is 1. The summed E-state index contributed by atoms with van der Waals surface area (Å²) in [6.45, 7) is 3.50. The van der Waals surface area contributed by atoms with Gasteiger partial charge in [-0.1, -0.05) is 30.4 Å². The summed E-state index contributed by atoms with van der Waals surface area (Å²) in [5.41, 5.74) is 0.851. The topological polar surface area (TPSA) is 54.7 Å². The summed E-state index contributed by atoms with van der Waals surface area (Å²) in [7, 11) is 0. The number of carbonyl (C=O) groups excluding carboxylic acids is 1. The number of nitrogens with one attached hydrogen (secondary N) is 1. The molecule has 124 valence electrons. The van der Waals surface area contributed by atoms with Gasteiger partial charge in [-0.25, -0.2) is 4.79 Å². The number of benzene rings is 1. The van der Waals surface area contributed by atoms with Crippen LogP contribution >= 0.6 is 0 Å². The number of hydrogen-bond acceptors (Lipinski definition) is 3. The molecule has 2 bridgehead atoms. The van der Waals surface area contributed by atoms with Crippen molar-refractivity contribution in [3.8, 4) is 0 Å². The largest absolute Gasteiger partial charge is 0.459 e. The van der Waals surface area contributed by atoms with Crippen molar-refractivity contribution in [2.75, 3.05) is 13.1 Å². The van der Waals surface area contributed by atoms with E-state index >= 15 is 0 Å². The van der Waals surface area contributed by atoms with Gasteiger partial charge < -0.3 is 19.4 Å². The molecular formula is C19H20N2O3. The zero-order valence-corrected chi connectivity index (χ0v) is 13.5. The molecule has 1 N–H and O–H groups in total. The summed E-state index contributed by atoms with van der Waals surface area (Å²) in [6.07, 6.45) is 4.69. The Morgan fingerprint density at radius 2 is 1.92 bits per heavy atom. The summed E-state index contributed by atoms with van der Waals surface area (Å²) in [5.74, 6) is 1.69. The van der Waals surface area contributed by atoms with Crippen LogP contribution in [-0.4, -0.2) is 36.2 Å². The van der Waals surface area contributed by atoms with Crippen LogP contribution in [-0.2, 0) is 4.74 Å². The Morgan fingerprint density at radius 3 is 2.62 bits per heavy atom. The van der Waals surface area contributed by atoms with E-state index in [9.17, 15) is 4.79 Å². The van der Waals surface area contributed by atoms with Crippen LogP contribution in [0.25, 0.3) is 11.0 Å². The number of fused-ring (bicyclic) bond motifs is 6. The molecule has 2 aromatic rings. The van der Waals surface area contributed by atoms with Gasteiger partial charge in [-0.2, -0.15) is 0 Å². The van der Waals surface area contributed by atoms with Gasteiger partial charge in [0.2, 0.25) is 0 Å². The minimum absolute atomic E-state index is 0.0169. The summed E-state index contributed by atoms with van der Waals surface area (Å²) >= 11 is 0. The van der Waals surface area contributed by atoms with Gasteiger partial charge in [0.05, 0.1) is 18.2 Å². The SMILES string of the molecule is C[C@@H](NC(=O)N1CC2C3C=CC(O3)C2C1)c1cc2ccccc2o1. The predicted molar refractivity (Wildman–Crippen MR) is 89.5 cm³/mol. The average Bonchev–Trinajstić information content (AvgIpc) is 3.32. The lowest BCUT2D eigenvalue weighted by molar-refractivity contribution is 0.0880. The molecule has 24 heavy (non-hydrogen) atoms. The number of likely N-dealkylation sites (tertiary alicyclic amines) is 1. The van der Waals surface area contributed by atoms with E-state index in [1.807, 2.05) is 42.2 Å². The third-order valence-electron chi connectivity index (χ3n) is 5.56. The lowest BCUT2D eigenvalue weighted by Gasteiger charge is -2.21. The lowest BCUT2D eigenvalue weighted by Crippen LogP contribution is -2.40. The molecule has 5 atom stereocenters. The molecule has 0 spiro atoms. The average molecular weight is 324 g/mol. The van der Waals surface area contributed by atoms with E-state index < -0.39 is 0 Å². The molecule has 4 heterocycles. The Bertz CT molecular complexity index is 774. The number of hydrogen-bond donors (Lipinski definition) is 1. The van der Waals surface area contributed by atoms with Crippen molar-refractivity contribution in [3.05, 3.63) is 48.2 Å². The zero-order valence-electron chi connectivity index (χ0n) is 13.5. The van der Waals surface area contributed by atoms with Crippen molar-refractivity contribution >= 4 is 17.0 Å². The second-order valence-electron chi connectivity index (χ2n) is 7.04. The smallest absolute Gasteiger partial charge is 0.318 e. The van der Waals surface area contributed by atoms with Crippen molar-refractivity contribution in [2.24, 2.45) is 11.8 Å². The summed E-state index contributed by atoms with van der Waals surface area (Å²) in [5, 5.41) is 4.13. The molecule has 2 amide bonds. The van der Waals surface area contributed by atoms with E-state index in [0.717, 1.165) is 29.8 Å². The molecule has 0 radical (unpaired) electrons. The van der Waals surface area contributed by atoms with E-state index in [2.05, 4.69) is 17.5 Å². The standard InChI is InChI=1S/C19H20N2O3/c1-11(18-8-12-4-2-3-5-15(12)23-18)20-19(22)21-9-13-14(10-21)17-7-6-16(13)24-17/h2-8,11,13-14,16-17H,9-10H2,1H3,(H,20,22)/t11-,13?,14?,16?,17?/m1/s1. The maximum Gasteiger partial charge on any atom is 0.318 e. The highest BCUT2D eigenvalue weighted by molar-refractivity contribution is 5.78. The van der Waals surface area contributed by atoms with Gasteiger partial charge in [0, 0.05) is 30.3 Å². The fraction of sp³-hybridized carbons (Fsp3) is 0.421. The first-order valence-corrected chi connectivity index (χ1v) is 8.57. The lowest BCUT2D eigenvalue weighted by atomic mass is 9.86. The number of carbonyl (C=O) groups is 1. The summed E-state index contributed by atoms with van der Waals surface area (Å²) < 4.78 is 11.7. The Kier molecular flexibility index (Phi) is 3.00. The van der Waals surface area contributed by atoms with Gasteiger partial charge in [-0.05, 0) is 19.1 Å². The number of para-hydroxylation sites is 1. The molecule has 2 saturated heterocycles. The quantitative estimate of drug-likeness (QED) is 0.864. The van der Waals surface area contributed by atoms with Gasteiger partial charge in [-0.3, -0.25) is 0 Å². The fourth-order valence-corrected chi connectivity index (χ4v) is 4.26. The van der Waals surface area contributed by atoms with Crippen LogP contribution in [0, 0.1) is 11.8 Å². The highest BCUT2D eigenvalue weighted by Gasteiger charge is 2.51. The molecule has 5 rings (SSSR count). The van der Waals surface area contributed by atoms with E-state index in [4.69, 9.17) is 9.15 Å². The normalized spacial score (nSPS) is 31.6. The first-order valence-electron chi connectivity index (χ1n) is 8.57. The van der Waals surface area contributed by atoms with Crippen LogP contribution in [0.3, 0.4) is 0 Å². The fourth-order valence-electron chi connectivity index (χ4n) is 4.26. The molecule has 3 aliphatic rings. The van der Waals surface area contributed by atoms with Crippen molar-refractivity contribution in [1.29, 1.82) is 0 Å².